The summed E-state index contributed by atoms with van der Waals surface area (Å²) in [5, 5.41) is 14.2. The van der Waals surface area contributed by atoms with Gasteiger partial charge in [-0.1, -0.05) is 20.8 Å². The molecule has 3 N–H and O–H groups in total. The molecule has 0 aliphatic heterocycles. The summed E-state index contributed by atoms with van der Waals surface area (Å²) in [5.41, 5.74) is -0.625. The smallest absolute Gasteiger partial charge is 0.407 e. The fourth-order valence-electron chi connectivity index (χ4n) is 1.76. The lowest BCUT2D eigenvalue weighted by atomic mass is 9.87. The number of aliphatic hydroxyl groups is 1. The molecule has 0 saturated carbocycles. The molecule has 1 amide bonds. The van der Waals surface area contributed by atoms with E-state index >= 15 is 0 Å². The first kappa shape index (κ1) is 20.3. The predicted molar refractivity (Wildman–Crippen MR) is 96.7 cm³/mol. The molecule has 1 rings (SSSR count). The van der Waals surface area contributed by atoms with Gasteiger partial charge in [-0.3, -0.25) is 4.72 Å². The monoisotopic (exact) mass is 360 g/mol. The zero-order valence-electron chi connectivity index (χ0n) is 14.7. The standard InChI is InChI=1S/C16H28N2O3S2/c1-15(2,3)13(18-14(20)21-16(4,5)6)9-17-23-11-7-8-22-12(11)10-19/h7-8,13,17,19H,9-10H2,1-6H3,(H,18,20). The second-order valence-corrected chi connectivity index (χ2v) is 9.31. The second kappa shape index (κ2) is 8.37. The molecule has 1 unspecified atom stereocenters. The normalized spacial score (nSPS) is 13.7. The van der Waals surface area contributed by atoms with Gasteiger partial charge in [-0.2, -0.15) is 0 Å². The van der Waals surface area contributed by atoms with E-state index in [0.29, 0.717) is 6.54 Å². The van der Waals surface area contributed by atoms with Crippen molar-refractivity contribution >= 4 is 29.4 Å². The lowest BCUT2D eigenvalue weighted by molar-refractivity contribution is 0.0466. The highest BCUT2D eigenvalue weighted by atomic mass is 32.2. The van der Waals surface area contributed by atoms with E-state index in [-0.39, 0.29) is 18.1 Å². The number of thiophene rings is 1. The van der Waals surface area contributed by atoms with Gasteiger partial charge in [-0.05, 0) is 49.6 Å². The van der Waals surface area contributed by atoms with Crippen molar-refractivity contribution in [2.45, 2.75) is 64.7 Å². The van der Waals surface area contributed by atoms with E-state index in [1.54, 1.807) is 0 Å². The van der Waals surface area contributed by atoms with Gasteiger partial charge in [0.25, 0.3) is 0 Å². The minimum atomic E-state index is -0.512. The van der Waals surface area contributed by atoms with E-state index in [1.807, 2.05) is 32.2 Å². The third-order valence-electron chi connectivity index (χ3n) is 3.05. The van der Waals surface area contributed by atoms with Crippen LogP contribution in [0.4, 0.5) is 4.79 Å². The van der Waals surface area contributed by atoms with Crippen molar-refractivity contribution < 1.29 is 14.6 Å². The molecule has 1 heterocycles. The maximum absolute atomic E-state index is 12.0. The molecule has 0 aliphatic carbocycles. The van der Waals surface area contributed by atoms with Gasteiger partial charge >= 0.3 is 6.09 Å². The third-order valence-corrected chi connectivity index (χ3v) is 5.00. The molecular weight excluding hydrogens is 332 g/mol. The number of hydrogen-bond acceptors (Lipinski definition) is 6. The number of carbonyl (C=O) groups is 1. The molecule has 5 nitrogen and oxygen atoms in total. The summed E-state index contributed by atoms with van der Waals surface area (Å²) in [6.07, 6.45) is -0.407. The first-order valence-corrected chi connectivity index (χ1v) is 9.29. The lowest BCUT2D eigenvalue weighted by Crippen LogP contribution is -2.50. The molecule has 132 valence electrons. The van der Waals surface area contributed by atoms with E-state index in [4.69, 9.17) is 4.74 Å². The van der Waals surface area contributed by atoms with Gasteiger partial charge in [0.05, 0.1) is 12.6 Å². The zero-order chi connectivity index (χ0) is 17.7. The van der Waals surface area contributed by atoms with Gasteiger partial charge in [-0.25, -0.2) is 4.79 Å². The Labute approximate surface area is 147 Å². The maximum Gasteiger partial charge on any atom is 0.407 e. The van der Waals surface area contributed by atoms with Gasteiger partial charge in [0, 0.05) is 16.3 Å². The van der Waals surface area contributed by atoms with Gasteiger partial charge in [0.15, 0.2) is 0 Å². The van der Waals surface area contributed by atoms with Crippen LogP contribution in [0.2, 0.25) is 0 Å². The number of amides is 1. The van der Waals surface area contributed by atoms with Gasteiger partial charge in [-0.15, -0.1) is 11.3 Å². The van der Waals surface area contributed by atoms with E-state index < -0.39 is 11.7 Å². The Kier molecular flexibility index (Phi) is 7.38. The molecule has 23 heavy (non-hydrogen) atoms. The predicted octanol–water partition coefficient (Wildman–Crippen LogP) is 3.78. The first-order valence-electron chi connectivity index (χ1n) is 7.59. The molecule has 0 bridgehead atoms. The Balaban J connectivity index is 2.57. The Morgan fingerprint density at radius 2 is 2.00 bits per heavy atom. The van der Waals surface area contributed by atoms with Crippen LogP contribution in [0.5, 0.6) is 0 Å². The van der Waals surface area contributed by atoms with Crippen LogP contribution in [0.15, 0.2) is 16.3 Å². The Hall–Kier alpha value is -0.760. The van der Waals surface area contributed by atoms with Crippen molar-refractivity contribution in [3.05, 3.63) is 16.3 Å². The van der Waals surface area contributed by atoms with Gasteiger partial charge < -0.3 is 15.2 Å². The largest absolute Gasteiger partial charge is 0.444 e. The summed E-state index contributed by atoms with van der Waals surface area (Å²) in [6.45, 7) is 12.4. The molecule has 7 heteroatoms. The van der Waals surface area contributed by atoms with Crippen molar-refractivity contribution in [2.75, 3.05) is 6.54 Å². The van der Waals surface area contributed by atoms with E-state index in [0.717, 1.165) is 9.77 Å². The van der Waals surface area contributed by atoms with Gasteiger partial charge in [0.1, 0.15) is 5.60 Å². The molecule has 1 aromatic rings. The molecule has 0 spiro atoms. The summed E-state index contributed by atoms with van der Waals surface area (Å²) in [4.78, 5) is 14.0. The van der Waals surface area contributed by atoms with Crippen LogP contribution in [-0.4, -0.2) is 29.4 Å². The van der Waals surface area contributed by atoms with E-state index in [9.17, 15) is 9.90 Å². The zero-order valence-corrected chi connectivity index (χ0v) is 16.4. The molecule has 0 aromatic carbocycles. The lowest BCUT2D eigenvalue weighted by Gasteiger charge is -2.32. The molecule has 0 saturated heterocycles. The highest BCUT2D eigenvalue weighted by Gasteiger charge is 2.28. The molecule has 0 aliphatic rings. The number of aliphatic hydroxyl groups excluding tert-OH is 1. The SMILES string of the molecule is CC(C)(C)OC(=O)NC(CNSc1ccsc1CO)C(C)(C)C. The van der Waals surface area contributed by atoms with Crippen LogP contribution in [0, 0.1) is 5.41 Å². The maximum atomic E-state index is 12.0. The molecular formula is C16H28N2O3S2. The first-order chi connectivity index (χ1) is 10.5. The number of hydrogen-bond donors (Lipinski definition) is 3. The van der Waals surface area contributed by atoms with Crippen LogP contribution in [0.3, 0.4) is 0 Å². The van der Waals surface area contributed by atoms with Crippen molar-refractivity contribution in [1.82, 2.24) is 10.0 Å². The average molecular weight is 361 g/mol. The second-order valence-electron chi connectivity index (χ2n) is 7.38. The van der Waals surface area contributed by atoms with E-state index in [2.05, 4.69) is 30.8 Å². The summed E-state index contributed by atoms with van der Waals surface area (Å²) in [5.74, 6) is 0. The highest BCUT2D eigenvalue weighted by molar-refractivity contribution is 7.97. The summed E-state index contributed by atoms with van der Waals surface area (Å²) in [7, 11) is 0. The van der Waals surface area contributed by atoms with Gasteiger partial charge in [0.2, 0.25) is 0 Å². The van der Waals surface area contributed by atoms with Crippen molar-refractivity contribution in [3.8, 4) is 0 Å². The number of alkyl carbamates (subject to hydrolysis) is 1. The van der Waals surface area contributed by atoms with Crippen LogP contribution >= 0.6 is 23.3 Å². The quantitative estimate of drug-likeness (QED) is 0.674. The van der Waals surface area contributed by atoms with Crippen molar-refractivity contribution in [1.29, 1.82) is 0 Å². The Morgan fingerprint density at radius 3 is 2.52 bits per heavy atom. The Bertz CT molecular complexity index is 504. The number of ether oxygens (including phenoxy) is 1. The van der Waals surface area contributed by atoms with Crippen LogP contribution in [0.25, 0.3) is 0 Å². The topological polar surface area (TPSA) is 70.6 Å². The molecule has 0 fully saturated rings. The third kappa shape index (κ3) is 7.56. The minimum Gasteiger partial charge on any atom is -0.444 e. The van der Waals surface area contributed by atoms with E-state index in [1.165, 1.54) is 23.3 Å². The summed E-state index contributed by atoms with van der Waals surface area (Å²) < 4.78 is 8.62. The minimum absolute atomic E-state index is 0.0422. The van der Waals surface area contributed by atoms with Crippen LogP contribution in [-0.2, 0) is 11.3 Å². The Morgan fingerprint density at radius 1 is 1.35 bits per heavy atom. The molecule has 1 aromatic heterocycles. The fourth-order valence-corrected chi connectivity index (χ4v) is 3.46. The fraction of sp³-hybridized carbons (Fsp3) is 0.688. The number of nitrogens with one attached hydrogen (secondary N) is 2. The van der Waals surface area contributed by atoms with Crippen molar-refractivity contribution in [2.24, 2.45) is 5.41 Å². The number of carbonyl (C=O) groups excluding carboxylic acids is 1. The molecule has 1 atom stereocenters. The highest BCUT2D eigenvalue weighted by Crippen LogP contribution is 2.26. The average Bonchev–Trinajstić information content (AvgIpc) is 2.81. The summed E-state index contributed by atoms with van der Waals surface area (Å²) in [6, 6.07) is 1.89. The van der Waals surface area contributed by atoms with Crippen molar-refractivity contribution in [3.63, 3.8) is 0 Å². The number of rotatable bonds is 6. The molecule has 0 radical (unpaired) electrons. The van der Waals surface area contributed by atoms with Crippen LogP contribution in [0.1, 0.15) is 46.4 Å². The van der Waals surface area contributed by atoms with Crippen LogP contribution < -0.4 is 10.0 Å². The summed E-state index contributed by atoms with van der Waals surface area (Å²) >= 11 is 3.00.